The van der Waals surface area contributed by atoms with Crippen LogP contribution in [0, 0.1) is 0 Å². The molecule has 1 N–H and O–H groups in total. The second kappa shape index (κ2) is 4.04. The van der Waals surface area contributed by atoms with E-state index >= 15 is 0 Å². The number of carboxylic acid groups (broad SMARTS) is 1. The molecule has 15 heavy (non-hydrogen) atoms. The summed E-state index contributed by atoms with van der Waals surface area (Å²) >= 11 is 0. The fourth-order valence-electron chi connectivity index (χ4n) is 1.55. The molecule has 0 unspecified atom stereocenters. The maximum atomic E-state index is 10.7. The molecule has 4 nitrogen and oxygen atoms in total. The van der Waals surface area contributed by atoms with Gasteiger partial charge < -0.3 is 14.1 Å². The number of carboxylic acids is 1. The molecule has 2 aromatic rings. The molecule has 0 aliphatic rings. The molecule has 0 bridgehead atoms. The number of furan rings is 1. The first kappa shape index (κ1) is 9.58. The first-order valence-electron chi connectivity index (χ1n) is 4.65. The Labute approximate surface area is 86.8 Å². The minimum atomic E-state index is -0.842. The molecule has 0 aliphatic carbocycles. The zero-order chi connectivity index (χ0) is 10.7. The first-order valence-corrected chi connectivity index (χ1v) is 4.65. The maximum absolute atomic E-state index is 10.7. The highest BCUT2D eigenvalue weighted by atomic mass is 16.4. The van der Waals surface area contributed by atoms with Gasteiger partial charge in [-0.1, -0.05) is 0 Å². The number of aromatic nitrogens is 1. The molecule has 0 radical (unpaired) electrons. The Bertz CT molecular complexity index is 382. The summed E-state index contributed by atoms with van der Waals surface area (Å²) in [4.78, 5) is 10.7. The Balaban J connectivity index is 2.29. The van der Waals surface area contributed by atoms with Crippen molar-refractivity contribution in [3.05, 3.63) is 48.7 Å². The van der Waals surface area contributed by atoms with Crippen molar-refractivity contribution >= 4 is 5.97 Å². The number of rotatable bonds is 4. The van der Waals surface area contributed by atoms with Crippen LogP contribution in [0.4, 0.5) is 0 Å². The van der Waals surface area contributed by atoms with Gasteiger partial charge in [0, 0.05) is 12.4 Å². The zero-order valence-corrected chi connectivity index (χ0v) is 8.04. The molecule has 0 amide bonds. The SMILES string of the molecule is O=C(O)C[C@H](c1ccco1)n1cccc1. The Morgan fingerprint density at radius 2 is 2.13 bits per heavy atom. The number of hydrogen-bond donors (Lipinski definition) is 1. The normalized spacial score (nSPS) is 12.5. The fourth-order valence-corrected chi connectivity index (χ4v) is 1.55. The average molecular weight is 205 g/mol. The molecule has 2 aromatic heterocycles. The highest BCUT2D eigenvalue weighted by Gasteiger charge is 2.18. The lowest BCUT2D eigenvalue weighted by Gasteiger charge is -2.14. The van der Waals surface area contributed by atoms with E-state index in [1.165, 1.54) is 0 Å². The van der Waals surface area contributed by atoms with Gasteiger partial charge >= 0.3 is 5.97 Å². The number of hydrogen-bond acceptors (Lipinski definition) is 2. The fraction of sp³-hybridized carbons (Fsp3) is 0.182. The second-order valence-electron chi connectivity index (χ2n) is 3.26. The van der Waals surface area contributed by atoms with E-state index in [2.05, 4.69) is 0 Å². The Kier molecular flexibility index (Phi) is 2.58. The average Bonchev–Trinajstić information content (AvgIpc) is 2.87. The predicted molar refractivity (Wildman–Crippen MR) is 53.5 cm³/mol. The topological polar surface area (TPSA) is 55.4 Å². The van der Waals surface area contributed by atoms with Crippen LogP contribution in [-0.4, -0.2) is 15.6 Å². The van der Waals surface area contributed by atoms with E-state index < -0.39 is 5.97 Å². The minimum absolute atomic E-state index is 0.0161. The maximum Gasteiger partial charge on any atom is 0.305 e. The van der Waals surface area contributed by atoms with E-state index in [0.29, 0.717) is 5.76 Å². The highest BCUT2D eigenvalue weighted by molar-refractivity contribution is 5.67. The van der Waals surface area contributed by atoms with Gasteiger partial charge in [-0.15, -0.1) is 0 Å². The van der Waals surface area contributed by atoms with Crippen LogP contribution in [0.1, 0.15) is 18.2 Å². The summed E-state index contributed by atoms with van der Waals surface area (Å²) in [7, 11) is 0. The third-order valence-electron chi connectivity index (χ3n) is 2.23. The van der Waals surface area contributed by atoms with Crippen LogP contribution in [0.3, 0.4) is 0 Å². The largest absolute Gasteiger partial charge is 0.481 e. The second-order valence-corrected chi connectivity index (χ2v) is 3.26. The molecule has 0 fully saturated rings. The lowest BCUT2D eigenvalue weighted by Crippen LogP contribution is -2.12. The van der Waals surface area contributed by atoms with Gasteiger partial charge in [-0.2, -0.15) is 0 Å². The molecule has 0 spiro atoms. The standard InChI is InChI=1S/C11H11NO3/c13-11(14)8-9(10-4-3-7-15-10)12-5-1-2-6-12/h1-7,9H,8H2,(H,13,14)/t9-/m1/s1. The highest BCUT2D eigenvalue weighted by Crippen LogP contribution is 2.22. The zero-order valence-electron chi connectivity index (χ0n) is 8.04. The molecule has 0 saturated heterocycles. The van der Waals surface area contributed by atoms with Gasteiger partial charge in [0.1, 0.15) is 11.8 Å². The summed E-state index contributed by atoms with van der Waals surface area (Å²) in [6, 6.07) is 6.99. The summed E-state index contributed by atoms with van der Waals surface area (Å²) in [5.41, 5.74) is 0. The van der Waals surface area contributed by atoms with Gasteiger partial charge in [0.15, 0.2) is 0 Å². The molecule has 2 rings (SSSR count). The van der Waals surface area contributed by atoms with Crippen LogP contribution in [-0.2, 0) is 4.79 Å². The first-order chi connectivity index (χ1) is 7.27. The predicted octanol–water partition coefficient (Wildman–Crippen LogP) is 2.15. The quantitative estimate of drug-likeness (QED) is 0.831. The number of nitrogens with zero attached hydrogens (tertiary/aromatic N) is 1. The van der Waals surface area contributed by atoms with E-state index in [1.807, 2.05) is 29.1 Å². The summed E-state index contributed by atoms with van der Waals surface area (Å²) in [6.45, 7) is 0. The number of aliphatic carboxylic acids is 1. The Morgan fingerprint density at radius 3 is 2.67 bits per heavy atom. The Hall–Kier alpha value is -1.97. The third kappa shape index (κ3) is 2.10. The third-order valence-corrected chi connectivity index (χ3v) is 2.23. The summed E-state index contributed by atoms with van der Waals surface area (Å²) < 4.78 is 7.06. The van der Waals surface area contributed by atoms with E-state index in [-0.39, 0.29) is 12.5 Å². The van der Waals surface area contributed by atoms with Gasteiger partial charge in [-0.3, -0.25) is 4.79 Å². The molecular weight excluding hydrogens is 194 g/mol. The van der Waals surface area contributed by atoms with E-state index in [1.54, 1.807) is 18.4 Å². The lowest BCUT2D eigenvalue weighted by atomic mass is 10.1. The van der Waals surface area contributed by atoms with Crippen molar-refractivity contribution in [2.24, 2.45) is 0 Å². The van der Waals surface area contributed by atoms with Gasteiger partial charge in [0.05, 0.1) is 12.7 Å². The monoisotopic (exact) mass is 205 g/mol. The molecule has 0 aliphatic heterocycles. The van der Waals surface area contributed by atoms with Gasteiger partial charge in [0.2, 0.25) is 0 Å². The van der Waals surface area contributed by atoms with Crippen molar-refractivity contribution in [2.45, 2.75) is 12.5 Å². The van der Waals surface area contributed by atoms with Crippen LogP contribution >= 0.6 is 0 Å². The van der Waals surface area contributed by atoms with Crippen molar-refractivity contribution in [1.29, 1.82) is 0 Å². The van der Waals surface area contributed by atoms with Crippen LogP contribution in [0.5, 0.6) is 0 Å². The van der Waals surface area contributed by atoms with Crippen molar-refractivity contribution in [3.8, 4) is 0 Å². The number of carbonyl (C=O) groups is 1. The van der Waals surface area contributed by atoms with Crippen molar-refractivity contribution < 1.29 is 14.3 Å². The molecular formula is C11H11NO3. The minimum Gasteiger partial charge on any atom is -0.481 e. The molecule has 1 atom stereocenters. The molecule has 0 aromatic carbocycles. The smallest absolute Gasteiger partial charge is 0.305 e. The molecule has 0 saturated carbocycles. The summed E-state index contributed by atoms with van der Waals surface area (Å²) in [5, 5.41) is 8.83. The van der Waals surface area contributed by atoms with Crippen molar-refractivity contribution in [1.82, 2.24) is 4.57 Å². The summed E-state index contributed by atoms with van der Waals surface area (Å²) in [6.07, 6.45) is 5.22. The van der Waals surface area contributed by atoms with Gasteiger partial charge in [-0.25, -0.2) is 0 Å². The van der Waals surface area contributed by atoms with Crippen LogP contribution in [0.25, 0.3) is 0 Å². The van der Waals surface area contributed by atoms with Crippen LogP contribution in [0.15, 0.2) is 47.3 Å². The molecule has 4 heteroatoms. The molecule has 78 valence electrons. The van der Waals surface area contributed by atoms with Gasteiger partial charge in [0.25, 0.3) is 0 Å². The van der Waals surface area contributed by atoms with Crippen LogP contribution in [0.2, 0.25) is 0 Å². The summed E-state index contributed by atoms with van der Waals surface area (Å²) in [5.74, 6) is -0.182. The molecule has 2 heterocycles. The van der Waals surface area contributed by atoms with E-state index in [0.717, 1.165) is 0 Å². The van der Waals surface area contributed by atoms with Gasteiger partial charge in [-0.05, 0) is 24.3 Å². The van der Waals surface area contributed by atoms with E-state index in [4.69, 9.17) is 9.52 Å². The van der Waals surface area contributed by atoms with Crippen molar-refractivity contribution in [2.75, 3.05) is 0 Å². The van der Waals surface area contributed by atoms with E-state index in [9.17, 15) is 4.79 Å². The lowest BCUT2D eigenvalue weighted by molar-refractivity contribution is -0.137. The van der Waals surface area contributed by atoms with Crippen LogP contribution < -0.4 is 0 Å². The van der Waals surface area contributed by atoms with Crippen molar-refractivity contribution in [3.63, 3.8) is 0 Å². The Morgan fingerprint density at radius 1 is 1.40 bits per heavy atom.